The summed E-state index contributed by atoms with van der Waals surface area (Å²) in [6.45, 7) is 7.81. The Morgan fingerprint density at radius 2 is 1.41 bits per heavy atom. The number of imide groups is 1. The van der Waals surface area contributed by atoms with Gasteiger partial charge in [-0.05, 0) is 80.3 Å². The number of ether oxygens (including phenoxy) is 1. The number of carbonyl (C=O) groups is 2. The average Bonchev–Trinajstić information content (AvgIpc) is 3.00. The molecule has 0 unspecified atom stereocenters. The number of benzene rings is 3. The Morgan fingerprint density at radius 1 is 0.750 bits per heavy atom. The number of carbonyl (C=O) groups excluding carboxylic acids is 2. The minimum absolute atomic E-state index is 0.271. The summed E-state index contributed by atoms with van der Waals surface area (Å²) in [6.07, 6.45) is 0. The first kappa shape index (κ1) is 21.4. The fourth-order valence-corrected chi connectivity index (χ4v) is 3.99. The van der Waals surface area contributed by atoms with Crippen molar-refractivity contribution < 1.29 is 14.3 Å². The second-order valence-electron chi connectivity index (χ2n) is 8.16. The summed E-state index contributed by atoms with van der Waals surface area (Å²) in [5.41, 5.74) is 6.59. The van der Waals surface area contributed by atoms with Crippen LogP contribution in [-0.4, -0.2) is 18.9 Å². The average molecular weight is 427 g/mol. The number of anilines is 2. The second-order valence-corrected chi connectivity index (χ2v) is 8.16. The van der Waals surface area contributed by atoms with Gasteiger partial charge in [0.25, 0.3) is 11.8 Å². The fourth-order valence-electron chi connectivity index (χ4n) is 3.99. The monoisotopic (exact) mass is 426 g/mol. The third-order valence-corrected chi connectivity index (χ3v) is 5.70. The van der Waals surface area contributed by atoms with Crippen molar-refractivity contribution in [2.24, 2.45) is 0 Å². The molecule has 0 spiro atoms. The SMILES string of the molecule is COc1ccc(NC2=C(c3ccc(C)cc3C)C(=O)N(c3cc(C)ccc3C)C2=O)cc1. The van der Waals surface area contributed by atoms with Crippen molar-refractivity contribution in [2.45, 2.75) is 27.7 Å². The predicted octanol–water partition coefficient (Wildman–Crippen LogP) is 5.33. The highest BCUT2D eigenvalue weighted by molar-refractivity contribution is 6.46. The van der Waals surface area contributed by atoms with Crippen LogP contribution in [0.15, 0.2) is 66.4 Å². The molecule has 1 heterocycles. The normalized spacial score (nSPS) is 13.7. The molecule has 2 amide bonds. The van der Waals surface area contributed by atoms with Gasteiger partial charge in [-0.3, -0.25) is 9.59 Å². The van der Waals surface area contributed by atoms with Crippen molar-refractivity contribution in [2.75, 3.05) is 17.3 Å². The van der Waals surface area contributed by atoms with E-state index < -0.39 is 0 Å². The Hall–Kier alpha value is -3.86. The largest absolute Gasteiger partial charge is 0.497 e. The third-order valence-electron chi connectivity index (χ3n) is 5.70. The van der Waals surface area contributed by atoms with E-state index in [1.165, 1.54) is 4.90 Å². The van der Waals surface area contributed by atoms with Gasteiger partial charge >= 0.3 is 0 Å². The lowest BCUT2D eigenvalue weighted by Gasteiger charge is -2.18. The van der Waals surface area contributed by atoms with Crippen molar-refractivity contribution in [3.63, 3.8) is 0 Å². The predicted molar refractivity (Wildman–Crippen MR) is 128 cm³/mol. The van der Waals surface area contributed by atoms with Gasteiger partial charge in [0.2, 0.25) is 0 Å². The van der Waals surface area contributed by atoms with Gasteiger partial charge in [-0.1, -0.05) is 35.9 Å². The Balaban J connectivity index is 1.86. The Labute approximate surface area is 188 Å². The molecule has 5 heteroatoms. The Bertz CT molecular complexity index is 1260. The topological polar surface area (TPSA) is 58.6 Å². The van der Waals surface area contributed by atoms with Crippen molar-refractivity contribution in [3.05, 3.63) is 94.2 Å². The molecule has 0 aliphatic carbocycles. The second kappa shape index (κ2) is 8.35. The molecule has 3 aromatic rings. The first-order chi connectivity index (χ1) is 15.3. The van der Waals surface area contributed by atoms with Gasteiger partial charge in [-0.25, -0.2) is 4.90 Å². The van der Waals surface area contributed by atoms with Crippen molar-refractivity contribution in [1.82, 2.24) is 0 Å². The maximum atomic E-state index is 13.7. The van der Waals surface area contributed by atoms with Crippen LogP contribution in [0.5, 0.6) is 5.75 Å². The van der Waals surface area contributed by atoms with Crippen LogP contribution in [0.25, 0.3) is 5.57 Å². The molecule has 0 saturated heterocycles. The number of methoxy groups -OCH3 is 1. The van der Waals surface area contributed by atoms with Gasteiger partial charge in [-0.2, -0.15) is 0 Å². The highest BCUT2D eigenvalue weighted by Crippen LogP contribution is 2.36. The number of hydrogen-bond acceptors (Lipinski definition) is 4. The van der Waals surface area contributed by atoms with E-state index in [2.05, 4.69) is 5.32 Å². The molecule has 1 N–H and O–H groups in total. The number of aryl methyl sites for hydroxylation is 4. The zero-order valence-electron chi connectivity index (χ0n) is 18.9. The molecule has 162 valence electrons. The molecule has 0 atom stereocenters. The van der Waals surface area contributed by atoms with Crippen LogP contribution in [0.4, 0.5) is 11.4 Å². The van der Waals surface area contributed by atoms with Crippen LogP contribution in [0.2, 0.25) is 0 Å². The van der Waals surface area contributed by atoms with Crippen LogP contribution in [0.1, 0.15) is 27.8 Å². The lowest BCUT2D eigenvalue weighted by molar-refractivity contribution is -0.120. The van der Waals surface area contributed by atoms with E-state index >= 15 is 0 Å². The minimum Gasteiger partial charge on any atom is -0.497 e. The Kier molecular flexibility index (Phi) is 5.57. The molecule has 3 aromatic carbocycles. The fraction of sp³-hybridized carbons (Fsp3) is 0.185. The summed E-state index contributed by atoms with van der Waals surface area (Å²) in [7, 11) is 1.60. The molecular weight excluding hydrogens is 400 g/mol. The molecule has 0 saturated carbocycles. The van der Waals surface area contributed by atoms with Gasteiger partial charge in [0.1, 0.15) is 11.4 Å². The van der Waals surface area contributed by atoms with Crippen LogP contribution in [-0.2, 0) is 9.59 Å². The maximum absolute atomic E-state index is 13.7. The van der Waals surface area contributed by atoms with Crippen molar-refractivity contribution >= 4 is 28.8 Å². The lowest BCUT2D eigenvalue weighted by Crippen LogP contribution is -2.33. The number of nitrogens with zero attached hydrogens (tertiary/aromatic N) is 1. The molecule has 32 heavy (non-hydrogen) atoms. The molecule has 1 aliphatic heterocycles. The smallest absolute Gasteiger partial charge is 0.282 e. The molecule has 5 nitrogen and oxygen atoms in total. The van der Waals surface area contributed by atoms with Gasteiger partial charge in [0, 0.05) is 5.69 Å². The lowest BCUT2D eigenvalue weighted by atomic mass is 9.97. The number of nitrogens with one attached hydrogen (secondary N) is 1. The van der Waals surface area contributed by atoms with Crippen molar-refractivity contribution in [1.29, 1.82) is 0 Å². The summed E-state index contributed by atoms with van der Waals surface area (Å²) >= 11 is 0. The molecule has 0 bridgehead atoms. The van der Waals surface area contributed by atoms with Gasteiger partial charge in [-0.15, -0.1) is 0 Å². The summed E-state index contributed by atoms with van der Waals surface area (Å²) in [4.78, 5) is 28.6. The summed E-state index contributed by atoms with van der Waals surface area (Å²) < 4.78 is 5.22. The van der Waals surface area contributed by atoms with Crippen LogP contribution in [0, 0.1) is 27.7 Å². The van der Waals surface area contributed by atoms with E-state index in [4.69, 9.17) is 4.74 Å². The van der Waals surface area contributed by atoms with E-state index in [0.29, 0.717) is 22.7 Å². The third kappa shape index (κ3) is 3.78. The van der Waals surface area contributed by atoms with Crippen molar-refractivity contribution in [3.8, 4) is 5.75 Å². The maximum Gasteiger partial charge on any atom is 0.282 e. The molecular formula is C27H26N2O3. The summed E-state index contributed by atoms with van der Waals surface area (Å²) in [5.74, 6) is 0.0196. The van der Waals surface area contributed by atoms with Crippen LogP contribution < -0.4 is 15.0 Å². The standard InChI is InChI=1S/C27H26N2O3/c1-16-7-13-22(19(4)14-16)24-25(28-20-9-11-21(32-5)12-10-20)27(31)29(26(24)30)23-15-17(2)6-8-18(23)3/h6-15,28H,1-5H3. The molecule has 0 aromatic heterocycles. The van der Waals surface area contributed by atoms with Gasteiger partial charge in [0.05, 0.1) is 18.4 Å². The van der Waals surface area contributed by atoms with Gasteiger partial charge < -0.3 is 10.1 Å². The molecule has 4 rings (SSSR count). The molecule has 1 aliphatic rings. The zero-order valence-corrected chi connectivity index (χ0v) is 18.9. The quantitative estimate of drug-likeness (QED) is 0.561. The van der Waals surface area contributed by atoms with Crippen LogP contribution in [0.3, 0.4) is 0 Å². The van der Waals surface area contributed by atoms with E-state index in [-0.39, 0.29) is 17.5 Å². The van der Waals surface area contributed by atoms with E-state index in [0.717, 1.165) is 27.8 Å². The number of rotatable bonds is 5. The number of amides is 2. The van der Waals surface area contributed by atoms with E-state index in [1.807, 2.05) is 88.4 Å². The molecule has 0 fully saturated rings. The highest BCUT2D eigenvalue weighted by Gasteiger charge is 2.41. The van der Waals surface area contributed by atoms with Gasteiger partial charge in [0.15, 0.2) is 0 Å². The number of hydrogen-bond donors (Lipinski definition) is 1. The van der Waals surface area contributed by atoms with E-state index in [1.54, 1.807) is 7.11 Å². The minimum atomic E-state index is -0.366. The zero-order chi connectivity index (χ0) is 23.0. The molecule has 0 radical (unpaired) electrons. The first-order valence-electron chi connectivity index (χ1n) is 10.5. The summed E-state index contributed by atoms with van der Waals surface area (Å²) in [5, 5.41) is 3.21. The van der Waals surface area contributed by atoms with E-state index in [9.17, 15) is 9.59 Å². The summed E-state index contributed by atoms with van der Waals surface area (Å²) in [6, 6.07) is 18.9. The highest BCUT2D eigenvalue weighted by atomic mass is 16.5. The first-order valence-corrected chi connectivity index (χ1v) is 10.5. The van der Waals surface area contributed by atoms with Crippen LogP contribution >= 0.6 is 0 Å². The Morgan fingerprint density at radius 3 is 2.06 bits per heavy atom.